The van der Waals surface area contributed by atoms with Gasteiger partial charge in [-0.2, -0.15) is 0 Å². The van der Waals surface area contributed by atoms with Gasteiger partial charge in [0.25, 0.3) is 0 Å². The summed E-state index contributed by atoms with van der Waals surface area (Å²) in [7, 11) is 0. The third kappa shape index (κ3) is 4.10. The van der Waals surface area contributed by atoms with Crippen molar-refractivity contribution in [1.29, 1.82) is 0 Å². The lowest BCUT2D eigenvalue weighted by atomic mass is 9.94. The highest BCUT2D eigenvalue weighted by atomic mass is 35.5. The van der Waals surface area contributed by atoms with Crippen LogP contribution in [0.15, 0.2) is 24.3 Å². The number of carbonyl (C=O) groups is 1. The molecule has 3 N–H and O–H groups in total. The maximum atomic E-state index is 12.6. The molecule has 0 spiro atoms. The van der Waals surface area contributed by atoms with Gasteiger partial charge >= 0.3 is 0 Å². The number of nitrogens with one attached hydrogen (secondary N) is 3. The van der Waals surface area contributed by atoms with Gasteiger partial charge in [0, 0.05) is 18.0 Å². The summed E-state index contributed by atoms with van der Waals surface area (Å²) in [5.74, 6) is 0.210. The Balaban J connectivity index is 1.67. The Kier molecular flexibility index (Phi) is 5.45. The quantitative estimate of drug-likeness (QED) is 0.759. The third-order valence-corrected chi connectivity index (χ3v) is 4.94. The number of rotatable bonds is 5. The van der Waals surface area contributed by atoms with E-state index in [9.17, 15) is 4.79 Å². The van der Waals surface area contributed by atoms with Crippen LogP contribution in [0.5, 0.6) is 0 Å². The maximum absolute atomic E-state index is 12.6. The van der Waals surface area contributed by atoms with Gasteiger partial charge in [0.2, 0.25) is 11.0 Å². The molecule has 3 rings (SSSR count). The van der Waals surface area contributed by atoms with E-state index in [4.69, 9.17) is 11.6 Å². The lowest BCUT2D eigenvalue weighted by Crippen LogP contribution is -2.29. The molecule has 0 bridgehead atoms. The molecule has 1 amide bonds. The Bertz CT molecular complexity index is 703. The van der Waals surface area contributed by atoms with Crippen LogP contribution in [0.25, 0.3) is 0 Å². The van der Waals surface area contributed by atoms with Gasteiger partial charge in [-0.25, -0.2) is 5.43 Å². The SMILES string of the molecule is CC(C)Cc1nnc(NC(=O)C2CNNC2c2ccc(Cl)cc2)s1. The summed E-state index contributed by atoms with van der Waals surface area (Å²) in [5.41, 5.74) is 7.23. The van der Waals surface area contributed by atoms with E-state index < -0.39 is 0 Å². The highest BCUT2D eigenvalue weighted by molar-refractivity contribution is 7.15. The standard InChI is InChI=1S/C16H20ClN5OS/c1-9(2)7-13-20-22-16(24-13)19-15(23)12-8-18-21-14(12)10-3-5-11(17)6-4-10/h3-6,9,12,14,18,21H,7-8H2,1-2H3,(H,19,22,23). The predicted molar refractivity (Wildman–Crippen MR) is 95.9 cm³/mol. The highest BCUT2D eigenvalue weighted by Gasteiger charge is 2.34. The number of carbonyl (C=O) groups excluding carboxylic acids is 1. The number of hydrogen-bond acceptors (Lipinski definition) is 6. The number of anilines is 1. The van der Waals surface area contributed by atoms with E-state index in [-0.39, 0.29) is 17.9 Å². The molecule has 2 atom stereocenters. The second kappa shape index (κ2) is 7.57. The number of benzene rings is 1. The average Bonchev–Trinajstić information content (AvgIpc) is 3.17. The number of hydrazine groups is 1. The van der Waals surface area contributed by atoms with Gasteiger partial charge in [0.15, 0.2) is 0 Å². The highest BCUT2D eigenvalue weighted by Crippen LogP contribution is 2.28. The molecule has 2 heterocycles. The van der Waals surface area contributed by atoms with Gasteiger partial charge in [-0.15, -0.1) is 10.2 Å². The number of amides is 1. The smallest absolute Gasteiger partial charge is 0.232 e. The minimum absolute atomic E-state index is 0.0697. The fourth-order valence-corrected chi connectivity index (χ4v) is 3.74. The zero-order valence-electron chi connectivity index (χ0n) is 13.5. The van der Waals surface area contributed by atoms with E-state index >= 15 is 0 Å². The summed E-state index contributed by atoms with van der Waals surface area (Å²) in [5, 5.41) is 13.3. The molecule has 0 radical (unpaired) electrons. The zero-order valence-corrected chi connectivity index (χ0v) is 15.1. The first-order valence-electron chi connectivity index (χ1n) is 7.90. The molecule has 0 saturated carbocycles. The van der Waals surface area contributed by atoms with Crippen molar-refractivity contribution in [2.75, 3.05) is 11.9 Å². The number of nitrogens with zero attached hydrogens (tertiary/aromatic N) is 2. The molecule has 1 fully saturated rings. The third-order valence-electron chi connectivity index (χ3n) is 3.83. The predicted octanol–water partition coefficient (Wildman–Crippen LogP) is 2.79. The summed E-state index contributed by atoms with van der Waals surface area (Å²) in [6, 6.07) is 7.41. The molecule has 1 saturated heterocycles. The average molecular weight is 366 g/mol. The van der Waals surface area contributed by atoms with Crippen LogP contribution in [-0.2, 0) is 11.2 Å². The topological polar surface area (TPSA) is 78.9 Å². The van der Waals surface area contributed by atoms with Gasteiger partial charge in [-0.05, 0) is 23.6 Å². The Morgan fingerprint density at radius 2 is 2.12 bits per heavy atom. The Morgan fingerprint density at radius 3 is 2.83 bits per heavy atom. The van der Waals surface area contributed by atoms with Crippen molar-refractivity contribution >= 4 is 34.0 Å². The minimum atomic E-state index is -0.233. The molecule has 24 heavy (non-hydrogen) atoms. The molecule has 1 aliphatic heterocycles. The van der Waals surface area contributed by atoms with Crippen LogP contribution in [0, 0.1) is 11.8 Å². The lowest BCUT2D eigenvalue weighted by Gasteiger charge is -2.17. The molecule has 1 aromatic heterocycles. The van der Waals surface area contributed by atoms with Crippen LogP contribution in [0.4, 0.5) is 5.13 Å². The summed E-state index contributed by atoms with van der Waals surface area (Å²) < 4.78 is 0. The summed E-state index contributed by atoms with van der Waals surface area (Å²) >= 11 is 7.37. The van der Waals surface area contributed by atoms with Gasteiger partial charge in [-0.3, -0.25) is 10.2 Å². The molecule has 128 valence electrons. The van der Waals surface area contributed by atoms with Crippen molar-refractivity contribution in [3.63, 3.8) is 0 Å². The van der Waals surface area contributed by atoms with Crippen molar-refractivity contribution < 1.29 is 4.79 Å². The first-order valence-corrected chi connectivity index (χ1v) is 9.09. The van der Waals surface area contributed by atoms with Crippen LogP contribution in [-0.4, -0.2) is 22.6 Å². The number of hydrogen-bond donors (Lipinski definition) is 3. The molecule has 2 unspecified atom stereocenters. The zero-order chi connectivity index (χ0) is 17.1. The van der Waals surface area contributed by atoms with E-state index in [2.05, 4.69) is 40.2 Å². The molecular weight excluding hydrogens is 346 g/mol. The molecule has 6 nitrogen and oxygen atoms in total. The van der Waals surface area contributed by atoms with Crippen LogP contribution in [0.2, 0.25) is 5.02 Å². The second-order valence-corrected chi connectivity index (χ2v) is 7.75. The number of halogens is 1. The Labute approximate surface area is 150 Å². The first-order chi connectivity index (χ1) is 11.5. The summed E-state index contributed by atoms with van der Waals surface area (Å²) in [6.07, 6.45) is 0.869. The van der Waals surface area contributed by atoms with Gasteiger partial charge < -0.3 is 5.32 Å². The van der Waals surface area contributed by atoms with Crippen molar-refractivity contribution in [2.24, 2.45) is 11.8 Å². The van der Waals surface area contributed by atoms with E-state index in [1.165, 1.54) is 11.3 Å². The van der Waals surface area contributed by atoms with E-state index in [1.54, 1.807) is 0 Å². The van der Waals surface area contributed by atoms with Crippen LogP contribution in [0.3, 0.4) is 0 Å². The fourth-order valence-electron chi connectivity index (χ4n) is 2.66. The van der Waals surface area contributed by atoms with Crippen molar-refractivity contribution in [1.82, 2.24) is 21.0 Å². The van der Waals surface area contributed by atoms with E-state index in [0.29, 0.717) is 22.6 Å². The Morgan fingerprint density at radius 1 is 1.38 bits per heavy atom. The van der Waals surface area contributed by atoms with Gasteiger partial charge in [0.1, 0.15) is 5.01 Å². The fraction of sp³-hybridized carbons (Fsp3) is 0.438. The molecular formula is C16H20ClN5OS. The normalized spacial score (nSPS) is 20.5. The molecule has 1 aromatic carbocycles. The van der Waals surface area contributed by atoms with Crippen LogP contribution in [0.1, 0.15) is 30.5 Å². The molecule has 8 heteroatoms. The van der Waals surface area contributed by atoms with E-state index in [1.807, 2.05) is 24.3 Å². The van der Waals surface area contributed by atoms with Gasteiger partial charge in [-0.1, -0.05) is 48.9 Å². The summed E-state index contributed by atoms with van der Waals surface area (Å²) in [6.45, 7) is 4.81. The number of aromatic nitrogens is 2. The minimum Gasteiger partial charge on any atom is -0.300 e. The Hall–Kier alpha value is -1.54. The van der Waals surface area contributed by atoms with Gasteiger partial charge in [0.05, 0.1) is 12.0 Å². The monoisotopic (exact) mass is 365 g/mol. The first kappa shape index (κ1) is 17.3. The molecule has 2 aromatic rings. The van der Waals surface area contributed by atoms with Crippen molar-refractivity contribution in [3.05, 3.63) is 39.9 Å². The second-order valence-electron chi connectivity index (χ2n) is 6.25. The van der Waals surface area contributed by atoms with Crippen LogP contribution >= 0.6 is 22.9 Å². The summed E-state index contributed by atoms with van der Waals surface area (Å²) in [4.78, 5) is 12.6. The van der Waals surface area contributed by atoms with Crippen molar-refractivity contribution in [3.8, 4) is 0 Å². The lowest BCUT2D eigenvalue weighted by molar-refractivity contribution is -0.119. The maximum Gasteiger partial charge on any atom is 0.232 e. The molecule has 1 aliphatic rings. The largest absolute Gasteiger partial charge is 0.300 e. The van der Waals surface area contributed by atoms with E-state index in [0.717, 1.165) is 17.0 Å². The molecule has 0 aliphatic carbocycles. The van der Waals surface area contributed by atoms with Crippen LogP contribution < -0.4 is 16.2 Å². The van der Waals surface area contributed by atoms with Crippen molar-refractivity contribution in [2.45, 2.75) is 26.3 Å².